The van der Waals surface area contributed by atoms with E-state index in [1.165, 1.54) is 17.6 Å². The van der Waals surface area contributed by atoms with Crippen LogP contribution in [0.25, 0.3) is 5.57 Å². The van der Waals surface area contributed by atoms with Crippen LogP contribution in [0.2, 0.25) is 5.02 Å². The number of allylic oxidation sites excluding steroid dienone is 1. The van der Waals surface area contributed by atoms with E-state index in [1.54, 1.807) is 17.7 Å². The zero-order valence-corrected chi connectivity index (χ0v) is 19.9. The van der Waals surface area contributed by atoms with E-state index in [0.717, 1.165) is 56.3 Å². The Labute approximate surface area is 193 Å². The average Bonchev–Trinajstić information content (AvgIpc) is 2.76. The summed E-state index contributed by atoms with van der Waals surface area (Å²) >= 11 is 4.21. The molecule has 2 aromatic rings. The van der Waals surface area contributed by atoms with E-state index < -0.39 is 11.1 Å². The van der Waals surface area contributed by atoms with E-state index in [2.05, 4.69) is 35.8 Å². The summed E-state index contributed by atoms with van der Waals surface area (Å²) in [5.41, 5.74) is 5.84. The van der Waals surface area contributed by atoms with Gasteiger partial charge in [-0.3, -0.25) is 4.90 Å². The molecule has 31 heavy (non-hydrogen) atoms. The number of halogens is 1. The van der Waals surface area contributed by atoms with E-state index in [1.807, 2.05) is 24.3 Å². The van der Waals surface area contributed by atoms with Crippen molar-refractivity contribution in [3.05, 3.63) is 64.7 Å². The van der Waals surface area contributed by atoms with Crippen LogP contribution in [0.5, 0.6) is 0 Å². The van der Waals surface area contributed by atoms with Crippen LogP contribution >= 0.6 is 11.6 Å². The van der Waals surface area contributed by atoms with Crippen LogP contribution in [-0.2, 0) is 11.1 Å². The Morgan fingerprint density at radius 2 is 1.65 bits per heavy atom. The number of benzene rings is 2. The molecule has 1 N–H and O–H groups in total. The lowest BCUT2D eigenvalue weighted by Gasteiger charge is -2.39. The van der Waals surface area contributed by atoms with Gasteiger partial charge in [0.1, 0.15) is 0 Å². The van der Waals surface area contributed by atoms with Crippen molar-refractivity contribution in [2.45, 2.75) is 38.0 Å². The van der Waals surface area contributed by atoms with Gasteiger partial charge in [-0.05, 0) is 72.2 Å². The molecule has 1 saturated heterocycles. The van der Waals surface area contributed by atoms with Crippen molar-refractivity contribution < 1.29 is 8.76 Å². The first-order valence-corrected chi connectivity index (χ1v) is 12.4. The summed E-state index contributed by atoms with van der Waals surface area (Å²) in [7, 11) is 0. The van der Waals surface area contributed by atoms with Crippen LogP contribution in [0.1, 0.15) is 38.7 Å². The van der Waals surface area contributed by atoms with Gasteiger partial charge in [-0.25, -0.2) is 4.21 Å². The van der Waals surface area contributed by atoms with Crippen molar-refractivity contribution in [2.75, 3.05) is 37.6 Å². The Hall–Kier alpha value is -1.66. The topological polar surface area (TPSA) is 43.8 Å². The number of hydrogen-bond acceptors (Lipinski definition) is 3. The second kappa shape index (κ2) is 9.45. The second-order valence-corrected chi connectivity index (χ2v) is 10.8. The molecule has 2 aromatic carbocycles. The second-order valence-electron chi connectivity index (χ2n) is 9.44. The summed E-state index contributed by atoms with van der Waals surface area (Å²) in [5, 5.41) is 0.787. The maximum atomic E-state index is 11.2. The first kappa shape index (κ1) is 22.5. The highest BCUT2D eigenvalue weighted by atomic mass is 35.5. The number of anilines is 1. The summed E-state index contributed by atoms with van der Waals surface area (Å²) in [4.78, 5) is 5.38. The van der Waals surface area contributed by atoms with Crippen LogP contribution in [0.15, 0.2) is 59.0 Å². The van der Waals surface area contributed by atoms with Crippen molar-refractivity contribution in [1.29, 1.82) is 0 Å². The van der Waals surface area contributed by atoms with Gasteiger partial charge in [0.15, 0.2) is 11.1 Å². The van der Waals surface area contributed by atoms with Crippen molar-refractivity contribution >= 4 is 33.9 Å². The molecule has 1 aliphatic heterocycles. The monoisotopic (exact) mass is 458 g/mol. The molecule has 4 rings (SSSR count). The fourth-order valence-corrected chi connectivity index (χ4v) is 5.17. The Kier molecular flexibility index (Phi) is 6.87. The molecule has 1 unspecified atom stereocenters. The molecule has 166 valence electrons. The molecular weight excluding hydrogens is 428 g/mol. The molecule has 2 aliphatic rings. The van der Waals surface area contributed by atoms with Gasteiger partial charge >= 0.3 is 0 Å². The quantitative estimate of drug-likeness (QED) is 0.583. The lowest BCUT2D eigenvalue weighted by Crippen LogP contribution is -2.47. The van der Waals surface area contributed by atoms with Gasteiger partial charge in [-0.2, -0.15) is 0 Å². The third kappa shape index (κ3) is 5.58. The van der Waals surface area contributed by atoms with Gasteiger partial charge in [-0.1, -0.05) is 43.2 Å². The van der Waals surface area contributed by atoms with Crippen molar-refractivity contribution in [1.82, 2.24) is 4.90 Å². The Morgan fingerprint density at radius 1 is 1.00 bits per heavy atom. The molecule has 0 aromatic heterocycles. The summed E-state index contributed by atoms with van der Waals surface area (Å²) in [6.45, 7) is 9.76. The standard InChI is InChI=1S/C25H31ClN2O2S/c1-25(2)12-11-20(24(17-25)19-3-5-21(26)6-4-19)18-27-13-15-28(16-14-27)22-7-9-23(10-8-22)31(29)30/h3-10H,11-18H2,1-2H3,(H,29,30). The molecule has 0 bridgehead atoms. The van der Waals surface area contributed by atoms with Gasteiger partial charge in [0.2, 0.25) is 0 Å². The Bertz CT molecular complexity index is 962. The molecular formula is C25H31ClN2O2S. The highest BCUT2D eigenvalue weighted by Crippen LogP contribution is 2.43. The molecule has 0 radical (unpaired) electrons. The highest BCUT2D eigenvalue weighted by molar-refractivity contribution is 7.79. The van der Waals surface area contributed by atoms with Crippen LogP contribution in [-0.4, -0.2) is 46.4 Å². The maximum Gasteiger partial charge on any atom is 0.186 e. The average molecular weight is 459 g/mol. The summed E-state index contributed by atoms with van der Waals surface area (Å²) in [6, 6.07) is 15.7. The van der Waals surface area contributed by atoms with Gasteiger partial charge in [0, 0.05) is 43.4 Å². The van der Waals surface area contributed by atoms with E-state index >= 15 is 0 Å². The van der Waals surface area contributed by atoms with Crippen molar-refractivity contribution in [3.63, 3.8) is 0 Å². The lowest BCUT2D eigenvalue weighted by atomic mass is 9.72. The molecule has 4 nitrogen and oxygen atoms in total. The highest BCUT2D eigenvalue weighted by Gasteiger charge is 2.29. The molecule has 0 spiro atoms. The van der Waals surface area contributed by atoms with Gasteiger partial charge in [0.25, 0.3) is 0 Å². The third-order valence-corrected chi connectivity index (χ3v) is 7.50. The minimum atomic E-state index is -1.92. The molecule has 1 fully saturated rings. The van der Waals surface area contributed by atoms with Crippen LogP contribution in [0.3, 0.4) is 0 Å². The SMILES string of the molecule is CC1(C)CCC(CN2CCN(c3ccc(S(=O)O)cc3)CC2)=C(c2ccc(Cl)cc2)C1. The molecule has 6 heteroatoms. The number of hydrogen-bond donors (Lipinski definition) is 1. The number of rotatable bonds is 5. The molecule has 0 amide bonds. The normalized spacial score (nSPS) is 20.7. The fraction of sp³-hybridized carbons (Fsp3) is 0.440. The number of nitrogens with zero attached hydrogens (tertiary/aromatic N) is 2. The maximum absolute atomic E-state index is 11.2. The predicted molar refractivity (Wildman–Crippen MR) is 130 cm³/mol. The Balaban J connectivity index is 1.44. The zero-order valence-electron chi connectivity index (χ0n) is 18.3. The lowest BCUT2D eigenvalue weighted by molar-refractivity contribution is 0.264. The molecule has 0 saturated carbocycles. The zero-order chi connectivity index (χ0) is 22.0. The fourth-order valence-electron chi connectivity index (χ4n) is 4.67. The first-order valence-electron chi connectivity index (χ1n) is 11.0. The van der Waals surface area contributed by atoms with Gasteiger partial charge in [-0.15, -0.1) is 0 Å². The summed E-state index contributed by atoms with van der Waals surface area (Å²) in [6.07, 6.45) is 3.51. The molecule has 1 atom stereocenters. The largest absolute Gasteiger partial charge is 0.369 e. The summed E-state index contributed by atoms with van der Waals surface area (Å²) < 4.78 is 20.4. The van der Waals surface area contributed by atoms with Gasteiger partial charge in [0.05, 0.1) is 4.90 Å². The van der Waals surface area contributed by atoms with E-state index in [-0.39, 0.29) is 0 Å². The minimum absolute atomic E-state index is 0.335. The van der Waals surface area contributed by atoms with Crippen molar-refractivity contribution in [2.24, 2.45) is 5.41 Å². The van der Waals surface area contributed by atoms with Crippen molar-refractivity contribution in [3.8, 4) is 0 Å². The van der Waals surface area contributed by atoms with Crippen LogP contribution < -0.4 is 4.90 Å². The molecule has 1 aliphatic carbocycles. The van der Waals surface area contributed by atoms with E-state index in [0.29, 0.717) is 10.3 Å². The Morgan fingerprint density at radius 3 is 2.26 bits per heavy atom. The number of piperazine rings is 1. The smallest absolute Gasteiger partial charge is 0.186 e. The third-order valence-electron chi connectivity index (χ3n) is 6.57. The van der Waals surface area contributed by atoms with E-state index in [9.17, 15) is 8.76 Å². The predicted octanol–water partition coefficient (Wildman–Crippen LogP) is 5.71. The van der Waals surface area contributed by atoms with Crippen LogP contribution in [0.4, 0.5) is 5.69 Å². The first-order chi connectivity index (χ1) is 14.8. The summed E-state index contributed by atoms with van der Waals surface area (Å²) in [5.74, 6) is 0. The minimum Gasteiger partial charge on any atom is -0.369 e. The molecule has 1 heterocycles. The van der Waals surface area contributed by atoms with Crippen LogP contribution in [0, 0.1) is 5.41 Å². The van der Waals surface area contributed by atoms with Gasteiger partial charge < -0.3 is 9.45 Å². The van der Waals surface area contributed by atoms with E-state index in [4.69, 9.17) is 11.6 Å².